The molecule has 1 aromatic carbocycles. The third-order valence-corrected chi connectivity index (χ3v) is 6.34. The molecular weight excluding hydrogens is 360 g/mol. The van der Waals surface area contributed by atoms with E-state index in [1.807, 2.05) is 25.1 Å². The van der Waals surface area contributed by atoms with E-state index in [4.69, 9.17) is 4.74 Å². The average molecular weight is 384 g/mol. The van der Waals surface area contributed by atoms with Crippen LogP contribution in [0.3, 0.4) is 0 Å². The van der Waals surface area contributed by atoms with Gasteiger partial charge in [0, 0.05) is 5.69 Å². The van der Waals surface area contributed by atoms with Crippen molar-refractivity contribution in [1.29, 1.82) is 0 Å². The van der Waals surface area contributed by atoms with Gasteiger partial charge in [-0.25, -0.2) is 0 Å². The Kier molecular flexibility index (Phi) is 4.91. The monoisotopic (exact) mass is 384 g/mol. The van der Waals surface area contributed by atoms with Crippen molar-refractivity contribution in [3.8, 4) is 0 Å². The maximum absolute atomic E-state index is 12.6. The SMILES string of the molecule is CCc1ccccc1NC(=O)COC(=O)CN1C(=O)C2C3CCC(C3)C2C1=O. The van der Waals surface area contributed by atoms with Crippen LogP contribution in [0.1, 0.15) is 31.7 Å². The van der Waals surface area contributed by atoms with Gasteiger partial charge in [-0.3, -0.25) is 24.1 Å². The summed E-state index contributed by atoms with van der Waals surface area (Å²) in [7, 11) is 0. The van der Waals surface area contributed by atoms with Crippen molar-refractivity contribution in [2.24, 2.45) is 23.7 Å². The molecule has 1 N–H and O–H groups in total. The Labute approximate surface area is 163 Å². The van der Waals surface area contributed by atoms with Gasteiger partial charge in [0.2, 0.25) is 11.8 Å². The van der Waals surface area contributed by atoms with Gasteiger partial charge in [-0.15, -0.1) is 0 Å². The van der Waals surface area contributed by atoms with Crippen molar-refractivity contribution >= 4 is 29.4 Å². The maximum atomic E-state index is 12.6. The van der Waals surface area contributed by atoms with Gasteiger partial charge in [0.05, 0.1) is 11.8 Å². The summed E-state index contributed by atoms with van der Waals surface area (Å²) in [6, 6.07) is 7.40. The van der Waals surface area contributed by atoms with Crippen LogP contribution in [0, 0.1) is 23.7 Å². The van der Waals surface area contributed by atoms with Gasteiger partial charge in [-0.1, -0.05) is 25.1 Å². The Morgan fingerprint density at radius 1 is 1.11 bits per heavy atom. The first kappa shape index (κ1) is 18.7. The second-order valence-corrected chi connectivity index (χ2v) is 7.87. The first-order valence-corrected chi connectivity index (χ1v) is 9.88. The number of rotatable bonds is 6. The second-order valence-electron chi connectivity index (χ2n) is 7.87. The van der Waals surface area contributed by atoms with Gasteiger partial charge in [0.1, 0.15) is 6.54 Å². The minimum absolute atomic E-state index is 0.250. The lowest BCUT2D eigenvalue weighted by Crippen LogP contribution is -2.38. The molecular formula is C21H24N2O5. The molecule has 28 heavy (non-hydrogen) atoms. The van der Waals surface area contributed by atoms with E-state index in [9.17, 15) is 19.2 Å². The van der Waals surface area contributed by atoms with Crippen molar-refractivity contribution in [3.63, 3.8) is 0 Å². The molecule has 1 saturated heterocycles. The number of fused-ring (bicyclic) bond motifs is 5. The number of hydrogen-bond acceptors (Lipinski definition) is 5. The number of benzene rings is 1. The first-order valence-electron chi connectivity index (χ1n) is 9.88. The molecule has 1 aliphatic heterocycles. The van der Waals surface area contributed by atoms with Gasteiger partial charge in [-0.05, 0) is 49.1 Å². The number of hydrogen-bond donors (Lipinski definition) is 1. The third kappa shape index (κ3) is 3.19. The first-order chi connectivity index (χ1) is 13.5. The van der Waals surface area contributed by atoms with E-state index < -0.39 is 25.0 Å². The molecule has 148 valence electrons. The molecule has 0 spiro atoms. The molecule has 3 amide bonds. The third-order valence-electron chi connectivity index (χ3n) is 6.34. The van der Waals surface area contributed by atoms with Crippen LogP contribution in [0.25, 0.3) is 0 Å². The van der Waals surface area contributed by atoms with Gasteiger partial charge in [-0.2, -0.15) is 0 Å². The summed E-state index contributed by atoms with van der Waals surface area (Å²) >= 11 is 0. The van der Waals surface area contributed by atoms with Gasteiger partial charge < -0.3 is 10.1 Å². The van der Waals surface area contributed by atoms with Gasteiger partial charge >= 0.3 is 5.97 Å². The van der Waals surface area contributed by atoms with E-state index in [0.717, 1.165) is 36.1 Å². The van der Waals surface area contributed by atoms with Crippen LogP contribution in [0.15, 0.2) is 24.3 Å². The number of likely N-dealkylation sites (tertiary alicyclic amines) is 1. The Morgan fingerprint density at radius 3 is 2.39 bits per heavy atom. The number of imide groups is 1. The summed E-state index contributed by atoms with van der Waals surface area (Å²) in [6.45, 7) is 1.12. The molecule has 4 unspecified atom stereocenters. The highest BCUT2D eigenvalue weighted by molar-refractivity contribution is 6.08. The fourth-order valence-corrected chi connectivity index (χ4v) is 5.08. The second kappa shape index (κ2) is 7.37. The normalized spacial score (nSPS) is 27.8. The topological polar surface area (TPSA) is 92.8 Å². The van der Waals surface area contributed by atoms with E-state index in [0.29, 0.717) is 5.69 Å². The molecule has 4 rings (SSSR count). The van der Waals surface area contributed by atoms with Crippen molar-refractivity contribution in [2.75, 3.05) is 18.5 Å². The van der Waals surface area contributed by atoms with Crippen LogP contribution in [0.5, 0.6) is 0 Å². The standard InChI is InChI=1S/C21H24N2O5/c1-2-12-5-3-4-6-15(12)22-16(24)11-28-17(25)10-23-20(26)18-13-7-8-14(9-13)19(18)21(23)27/h3-6,13-14,18-19H,2,7-11H2,1H3,(H,22,24). The highest BCUT2D eigenvalue weighted by Gasteiger charge is 2.61. The largest absolute Gasteiger partial charge is 0.454 e. The Morgan fingerprint density at radius 2 is 1.75 bits per heavy atom. The Bertz CT molecular complexity index is 808. The summed E-state index contributed by atoms with van der Waals surface area (Å²) < 4.78 is 5.00. The highest BCUT2D eigenvalue weighted by atomic mass is 16.5. The van der Waals surface area contributed by atoms with Crippen molar-refractivity contribution in [1.82, 2.24) is 4.90 Å². The number of anilines is 1. The summed E-state index contributed by atoms with van der Waals surface area (Å²) in [6.07, 6.45) is 3.69. The molecule has 2 bridgehead atoms. The Balaban J connectivity index is 1.30. The van der Waals surface area contributed by atoms with Crippen LogP contribution < -0.4 is 5.32 Å². The summed E-state index contributed by atoms with van der Waals surface area (Å²) in [5, 5.41) is 2.72. The van der Waals surface area contributed by atoms with Crippen LogP contribution in [-0.4, -0.2) is 41.7 Å². The Hall–Kier alpha value is -2.70. The predicted octanol–water partition coefficient (Wildman–Crippen LogP) is 1.76. The molecule has 2 aliphatic carbocycles. The molecule has 3 fully saturated rings. The van der Waals surface area contributed by atoms with Crippen LogP contribution >= 0.6 is 0 Å². The highest BCUT2D eigenvalue weighted by Crippen LogP contribution is 2.56. The lowest BCUT2D eigenvalue weighted by molar-refractivity contribution is -0.154. The minimum atomic E-state index is -0.743. The summed E-state index contributed by atoms with van der Waals surface area (Å²) in [5.74, 6) is -1.66. The van der Waals surface area contributed by atoms with E-state index in [2.05, 4.69) is 5.32 Å². The molecule has 2 saturated carbocycles. The molecule has 4 atom stereocenters. The number of amides is 3. The lowest BCUT2D eigenvalue weighted by Gasteiger charge is -2.19. The van der Waals surface area contributed by atoms with Crippen LogP contribution in [0.4, 0.5) is 5.69 Å². The minimum Gasteiger partial charge on any atom is -0.454 e. The zero-order valence-electron chi connectivity index (χ0n) is 15.8. The number of carbonyl (C=O) groups excluding carboxylic acids is 4. The number of para-hydroxylation sites is 1. The zero-order valence-corrected chi connectivity index (χ0v) is 15.8. The predicted molar refractivity (Wildman–Crippen MR) is 99.9 cm³/mol. The number of ether oxygens (including phenoxy) is 1. The van der Waals surface area contributed by atoms with E-state index in [-0.39, 0.29) is 35.5 Å². The fourth-order valence-electron chi connectivity index (χ4n) is 5.08. The number of esters is 1. The lowest BCUT2D eigenvalue weighted by atomic mass is 9.81. The molecule has 1 aromatic rings. The average Bonchev–Trinajstić information content (AvgIpc) is 3.37. The maximum Gasteiger partial charge on any atom is 0.326 e. The molecule has 0 aromatic heterocycles. The van der Waals surface area contributed by atoms with E-state index in [1.54, 1.807) is 6.07 Å². The van der Waals surface area contributed by atoms with E-state index >= 15 is 0 Å². The number of nitrogens with zero attached hydrogens (tertiary/aromatic N) is 1. The molecule has 7 heteroatoms. The van der Waals surface area contributed by atoms with Gasteiger partial charge in [0.15, 0.2) is 6.61 Å². The van der Waals surface area contributed by atoms with Crippen molar-refractivity contribution < 1.29 is 23.9 Å². The number of nitrogens with one attached hydrogen (secondary N) is 1. The molecule has 7 nitrogen and oxygen atoms in total. The molecule has 0 radical (unpaired) electrons. The van der Waals surface area contributed by atoms with Crippen molar-refractivity contribution in [2.45, 2.75) is 32.6 Å². The summed E-state index contributed by atoms with van der Waals surface area (Å²) in [5.41, 5.74) is 1.66. The summed E-state index contributed by atoms with van der Waals surface area (Å²) in [4.78, 5) is 50.4. The molecule has 1 heterocycles. The van der Waals surface area contributed by atoms with E-state index in [1.165, 1.54) is 0 Å². The fraction of sp³-hybridized carbons (Fsp3) is 0.524. The van der Waals surface area contributed by atoms with Crippen LogP contribution in [0.2, 0.25) is 0 Å². The number of carbonyl (C=O) groups is 4. The smallest absolute Gasteiger partial charge is 0.326 e. The van der Waals surface area contributed by atoms with Gasteiger partial charge in [0.25, 0.3) is 5.91 Å². The number of aryl methyl sites for hydroxylation is 1. The zero-order chi connectivity index (χ0) is 19.8. The van der Waals surface area contributed by atoms with Crippen molar-refractivity contribution in [3.05, 3.63) is 29.8 Å². The van der Waals surface area contributed by atoms with Crippen LogP contribution in [-0.2, 0) is 30.3 Å². The molecule has 3 aliphatic rings. The quantitative estimate of drug-likeness (QED) is 0.596.